The Morgan fingerprint density at radius 3 is 2.89 bits per heavy atom. The molecular formula is C11H16N4O3S. The van der Waals surface area contributed by atoms with E-state index in [0.29, 0.717) is 10.9 Å². The highest BCUT2D eigenvalue weighted by Crippen LogP contribution is 2.18. The van der Waals surface area contributed by atoms with Gasteiger partial charge in [0, 0.05) is 13.1 Å². The first kappa shape index (κ1) is 13.9. The van der Waals surface area contributed by atoms with E-state index < -0.39 is 6.03 Å². The molecule has 3 N–H and O–H groups in total. The molecule has 7 nitrogen and oxygen atoms in total. The van der Waals surface area contributed by atoms with Crippen molar-refractivity contribution in [2.75, 3.05) is 5.75 Å². The van der Waals surface area contributed by atoms with E-state index in [1.807, 2.05) is 0 Å². The molecule has 1 heterocycles. The maximum Gasteiger partial charge on any atom is 0.321 e. The number of nitrogens with zero attached hydrogens (tertiary/aromatic N) is 2. The number of hydrogen-bond acceptors (Lipinski definition) is 5. The van der Waals surface area contributed by atoms with Crippen LogP contribution < -0.4 is 10.6 Å². The number of imide groups is 1. The van der Waals surface area contributed by atoms with E-state index in [2.05, 4.69) is 15.6 Å². The number of hydrogen-bond donors (Lipinski definition) is 3. The van der Waals surface area contributed by atoms with Gasteiger partial charge in [0.15, 0.2) is 5.16 Å². The Morgan fingerprint density at radius 2 is 2.32 bits per heavy atom. The van der Waals surface area contributed by atoms with Crippen molar-refractivity contribution in [3.8, 4) is 0 Å². The molecular weight excluding hydrogens is 268 g/mol. The van der Waals surface area contributed by atoms with Crippen molar-refractivity contribution in [2.24, 2.45) is 7.05 Å². The van der Waals surface area contributed by atoms with Crippen LogP contribution in [0.3, 0.4) is 0 Å². The smallest absolute Gasteiger partial charge is 0.321 e. The number of thioether (sulfide) groups is 1. The van der Waals surface area contributed by atoms with Crippen LogP contribution in [0.2, 0.25) is 0 Å². The lowest BCUT2D eigenvalue weighted by atomic mass is 10.5. The van der Waals surface area contributed by atoms with Crippen LogP contribution in [-0.4, -0.2) is 38.4 Å². The van der Waals surface area contributed by atoms with Crippen molar-refractivity contribution in [1.82, 2.24) is 20.2 Å². The summed E-state index contributed by atoms with van der Waals surface area (Å²) in [5.74, 6) is -0.259. The largest absolute Gasteiger partial charge is 0.390 e. The van der Waals surface area contributed by atoms with Crippen molar-refractivity contribution in [3.63, 3.8) is 0 Å². The second-order valence-electron chi connectivity index (χ2n) is 4.33. The fraction of sp³-hybridized carbons (Fsp3) is 0.545. The fourth-order valence-electron chi connectivity index (χ4n) is 1.45. The molecule has 1 fully saturated rings. The minimum atomic E-state index is -0.441. The summed E-state index contributed by atoms with van der Waals surface area (Å²) in [6.07, 6.45) is 3.52. The third-order valence-electron chi connectivity index (χ3n) is 2.70. The summed E-state index contributed by atoms with van der Waals surface area (Å²) in [5.41, 5.74) is 0.675. The minimum absolute atomic E-state index is 0.0972. The number of imidazole rings is 1. The average Bonchev–Trinajstić information content (AvgIpc) is 3.09. The van der Waals surface area contributed by atoms with Crippen LogP contribution in [0.4, 0.5) is 4.79 Å². The monoisotopic (exact) mass is 284 g/mol. The van der Waals surface area contributed by atoms with Gasteiger partial charge in [0.1, 0.15) is 0 Å². The van der Waals surface area contributed by atoms with Gasteiger partial charge in [-0.15, -0.1) is 0 Å². The van der Waals surface area contributed by atoms with Crippen LogP contribution in [0.25, 0.3) is 0 Å². The number of rotatable bonds is 5. The summed E-state index contributed by atoms with van der Waals surface area (Å²) in [5, 5.41) is 14.6. The average molecular weight is 284 g/mol. The molecule has 8 heteroatoms. The molecule has 0 aliphatic heterocycles. The van der Waals surface area contributed by atoms with Gasteiger partial charge in [-0.2, -0.15) is 0 Å². The van der Waals surface area contributed by atoms with Crippen molar-refractivity contribution in [1.29, 1.82) is 0 Å². The summed E-state index contributed by atoms with van der Waals surface area (Å²) < 4.78 is 1.71. The van der Waals surface area contributed by atoms with Crippen LogP contribution in [0.5, 0.6) is 0 Å². The van der Waals surface area contributed by atoms with Crippen molar-refractivity contribution >= 4 is 23.7 Å². The van der Waals surface area contributed by atoms with Crippen LogP contribution in [-0.2, 0) is 18.4 Å². The van der Waals surface area contributed by atoms with E-state index in [1.54, 1.807) is 17.8 Å². The molecule has 0 spiro atoms. The maximum absolute atomic E-state index is 11.5. The summed E-state index contributed by atoms with van der Waals surface area (Å²) in [4.78, 5) is 26.9. The number of aliphatic hydroxyl groups excluding tert-OH is 1. The lowest BCUT2D eigenvalue weighted by Gasteiger charge is -2.06. The molecule has 0 bridgehead atoms. The summed E-state index contributed by atoms with van der Waals surface area (Å²) >= 11 is 1.22. The molecule has 0 unspecified atom stereocenters. The standard InChI is InChI=1S/C11H16N4O3S/c1-15-8(5-16)4-12-11(15)19-6-9(17)14-10(18)13-7-2-3-7/h4,7,16H,2-3,5-6H2,1H3,(H2,13,14,17,18). The number of amides is 3. The molecule has 0 aromatic carbocycles. The highest BCUT2D eigenvalue weighted by Gasteiger charge is 2.23. The second kappa shape index (κ2) is 6.07. The van der Waals surface area contributed by atoms with Crippen molar-refractivity contribution < 1.29 is 14.7 Å². The van der Waals surface area contributed by atoms with E-state index >= 15 is 0 Å². The molecule has 0 saturated heterocycles. The van der Waals surface area contributed by atoms with E-state index in [0.717, 1.165) is 12.8 Å². The predicted octanol–water partition coefficient (Wildman–Crippen LogP) is -0.00730. The first-order chi connectivity index (χ1) is 9.10. The predicted molar refractivity (Wildman–Crippen MR) is 69.6 cm³/mol. The molecule has 0 atom stereocenters. The number of aromatic nitrogens is 2. The van der Waals surface area contributed by atoms with Gasteiger partial charge in [-0.25, -0.2) is 9.78 Å². The molecule has 2 rings (SSSR count). The highest BCUT2D eigenvalue weighted by atomic mass is 32.2. The minimum Gasteiger partial charge on any atom is -0.390 e. The third-order valence-corrected chi connectivity index (χ3v) is 3.75. The first-order valence-corrected chi connectivity index (χ1v) is 6.93. The Labute approximate surface area is 114 Å². The van der Waals surface area contributed by atoms with E-state index in [4.69, 9.17) is 5.11 Å². The molecule has 104 valence electrons. The molecule has 19 heavy (non-hydrogen) atoms. The van der Waals surface area contributed by atoms with Gasteiger partial charge in [-0.3, -0.25) is 10.1 Å². The van der Waals surface area contributed by atoms with Crippen molar-refractivity contribution in [3.05, 3.63) is 11.9 Å². The SMILES string of the molecule is Cn1c(CO)cnc1SCC(=O)NC(=O)NC1CC1. The topological polar surface area (TPSA) is 96.2 Å². The van der Waals surface area contributed by atoms with Gasteiger partial charge < -0.3 is 15.0 Å². The van der Waals surface area contributed by atoms with E-state index in [-0.39, 0.29) is 24.3 Å². The van der Waals surface area contributed by atoms with Gasteiger partial charge in [0.05, 0.1) is 24.3 Å². The third kappa shape index (κ3) is 3.97. The maximum atomic E-state index is 11.5. The van der Waals surface area contributed by atoms with Gasteiger partial charge >= 0.3 is 6.03 Å². The zero-order valence-electron chi connectivity index (χ0n) is 10.5. The Hall–Kier alpha value is -1.54. The summed E-state index contributed by atoms with van der Waals surface area (Å²) in [6, 6.07) is -0.217. The molecule has 1 aliphatic rings. The molecule has 1 aromatic rings. The molecule has 1 aromatic heterocycles. The molecule has 3 amide bonds. The Bertz CT molecular complexity index is 484. The zero-order valence-corrected chi connectivity index (χ0v) is 11.4. The first-order valence-electron chi connectivity index (χ1n) is 5.94. The summed E-state index contributed by atoms with van der Waals surface area (Å²) in [6.45, 7) is -0.0972. The zero-order chi connectivity index (χ0) is 13.8. The summed E-state index contributed by atoms with van der Waals surface area (Å²) in [7, 11) is 1.76. The van der Waals surface area contributed by atoms with Crippen LogP contribution >= 0.6 is 11.8 Å². The molecule has 1 aliphatic carbocycles. The Balaban J connectivity index is 1.75. The van der Waals surface area contributed by atoms with E-state index in [9.17, 15) is 9.59 Å². The quantitative estimate of drug-likeness (QED) is 0.661. The highest BCUT2D eigenvalue weighted by molar-refractivity contribution is 7.99. The fourth-order valence-corrected chi connectivity index (χ4v) is 2.22. The van der Waals surface area contributed by atoms with E-state index in [1.165, 1.54) is 11.8 Å². The van der Waals surface area contributed by atoms with Crippen LogP contribution in [0.15, 0.2) is 11.4 Å². The Morgan fingerprint density at radius 1 is 1.58 bits per heavy atom. The number of urea groups is 1. The number of aliphatic hydroxyl groups is 1. The van der Waals surface area contributed by atoms with Crippen LogP contribution in [0.1, 0.15) is 18.5 Å². The van der Waals surface area contributed by atoms with Gasteiger partial charge in [0.2, 0.25) is 5.91 Å². The Kier molecular flexibility index (Phi) is 4.43. The second-order valence-corrected chi connectivity index (χ2v) is 5.28. The van der Waals surface area contributed by atoms with Gasteiger partial charge in [-0.05, 0) is 12.8 Å². The van der Waals surface area contributed by atoms with Crippen LogP contribution in [0, 0.1) is 0 Å². The lowest BCUT2D eigenvalue weighted by Crippen LogP contribution is -2.41. The number of carbonyl (C=O) groups is 2. The number of carbonyl (C=O) groups excluding carboxylic acids is 2. The molecule has 1 saturated carbocycles. The normalized spacial score (nSPS) is 14.2. The lowest BCUT2D eigenvalue weighted by molar-refractivity contribution is -0.117. The van der Waals surface area contributed by atoms with Crippen molar-refractivity contribution in [2.45, 2.75) is 30.6 Å². The molecule has 0 radical (unpaired) electrons. The van der Waals surface area contributed by atoms with Gasteiger partial charge in [-0.1, -0.05) is 11.8 Å². The van der Waals surface area contributed by atoms with Gasteiger partial charge in [0.25, 0.3) is 0 Å². The number of nitrogens with one attached hydrogen (secondary N) is 2.